The van der Waals surface area contributed by atoms with E-state index in [4.69, 9.17) is 21.1 Å². The molecule has 6 nitrogen and oxygen atoms in total. The number of benzene rings is 1. The number of methoxy groups -OCH3 is 1. The maximum Gasteiger partial charge on any atom is 0.329 e. The Morgan fingerprint density at radius 3 is 2.42 bits per heavy atom. The Bertz CT molecular complexity index is 548. The van der Waals surface area contributed by atoms with Crippen LogP contribution in [0, 0.1) is 0 Å². The third-order valence-corrected chi connectivity index (χ3v) is 2.43. The molecule has 0 bridgehead atoms. The van der Waals surface area contributed by atoms with Gasteiger partial charge in [0, 0.05) is 6.54 Å². The molecule has 2 aromatic rings. The monoisotopic (exact) mass is 280 g/mol. The number of nitrogens with zero attached hydrogens (tertiary/aromatic N) is 3. The van der Waals surface area contributed by atoms with Crippen LogP contribution in [0.5, 0.6) is 17.8 Å². The lowest BCUT2D eigenvalue weighted by Gasteiger charge is -2.06. The van der Waals surface area contributed by atoms with E-state index in [9.17, 15) is 0 Å². The predicted octanol–water partition coefficient (Wildman–Crippen LogP) is 2.05. The summed E-state index contributed by atoms with van der Waals surface area (Å²) in [6.07, 6.45) is 0. The van der Waals surface area contributed by atoms with Crippen LogP contribution in [0.4, 0.5) is 0 Å². The van der Waals surface area contributed by atoms with E-state index in [1.54, 1.807) is 0 Å². The van der Waals surface area contributed by atoms with Crippen molar-refractivity contribution in [1.82, 2.24) is 20.3 Å². The second-order valence-corrected chi connectivity index (χ2v) is 3.99. The van der Waals surface area contributed by atoms with Crippen LogP contribution >= 0.6 is 11.6 Å². The number of ether oxygens (including phenoxy) is 2. The SMILES string of the molecule is CNCc1ccc(Oc2nc(Cl)nc(OC)n2)cc1. The highest BCUT2D eigenvalue weighted by Crippen LogP contribution is 2.20. The zero-order chi connectivity index (χ0) is 13.7. The number of rotatable bonds is 5. The molecule has 0 saturated carbocycles. The summed E-state index contributed by atoms with van der Waals surface area (Å²) in [6.45, 7) is 0.797. The van der Waals surface area contributed by atoms with Crippen molar-refractivity contribution in [3.8, 4) is 17.8 Å². The Morgan fingerprint density at radius 2 is 1.79 bits per heavy atom. The third kappa shape index (κ3) is 3.77. The molecule has 19 heavy (non-hydrogen) atoms. The van der Waals surface area contributed by atoms with Crippen molar-refractivity contribution in [3.63, 3.8) is 0 Å². The molecule has 1 aromatic heterocycles. The lowest BCUT2D eigenvalue weighted by Crippen LogP contribution is -2.04. The minimum Gasteiger partial charge on any atom is -0.467 e. The van der Waals surface area contributed by atoms with Crippen LogP contribution < -0.4 is 14.8 Å². The molecule has 0 amide bonds. The van der Waals surface area contributed by atoms with Gasteiger partial charge in [-0.15, -0.1) is 4.98 Å². The van der Waals surface area contributed by atoms with Crippen LogP contribution in [0.2, 0.25) is 5.28 Å². The van der Waals surface area contributed by atoms with Gasteiger partial charge in [0.1, 0.15) is 5.75 Å². The molecule has 0 aliphatic carbocycles. The fraction of sp³-hybridized carbons (Fsp3) is 0.250. The molecular formula is C12H13ClN4O2. The first-order chi connectivity index (χ1) is 9.21. The van der Waals surface area contributed by atoms with Gasteiger partial charge in [-0.2, -0.15) is 9.97 Å². The Labute approximate surface area is 115 Å². The summed E-state index contributed by atoms with van der Waals surface area (Å²) in [5, 5.41) is 3.09. The molecule has 0 aliphatic rings. The number of aromatic nitrogens is 3. The van der Waals surface area contributed by atoms with Gasteiger partial charge < -0.3 is 14.8 Å². The van der Waals surface area contributed by atoms with Gasteiger partial charge in [-0.05, 0) is 36.3 Å². The van der Waals surface area contributed by atoms with Gasteiger partial charge in [0.2, 0.25) is 5.28 Å². The zero-order valence-electron chi connectivity index (χ0n) is 10.6. The highest BCUT2D eigenvalue weighted by molar-refractivity contribution is 6.28. The van der Waals surface area contributed by atoms with E-state index < -0.39 is 0 Å². The first-order valence-corrected chi connectivity index (χ1v) is 5.96. The molecule has 1 N–H and O–H groups in total. The highest BCUT2D eigenvalue weighted by atomic mass is 35.5. The number of hydrogen-bond donors (Lipinski definition) is 1. The molecule has 0 fully saturated rings. The topological polar surface area (TPSA) is 69.2 Å². The van der Waals surface area contributed by atoms with Crippen molar-refractivity contribution in [2.24, 2.45) is 0 Å². The second-order valence-electron chi connectivity index (χ2n) is 3.65. The molecular weight excluding hydrogens is 268 g/mol. The summed E-state index contributed by atoms with van der Waals surface area (Å²) in [6, 6.07) is 7.77. The molecule has 7 heteroatoms. The van der Waals surface area contributed by atoms with Crippen LogP contribution in [-0.2, 0) is 6.54 Å². The maximum absolute atomic E-state index is 5.73. The zero-order valence-corrected chi connectivity index (χ0v) is 11.3. The first kappa shape index (κ1) is 13.5. The van der Waals surface area contributed by atoms with E-state index in [1.807, 2.05) is 31.3 Å². The van der Waals surface area contributed by atoms with Crippen LogP contribution in [0.3, 0.4) is 0 Å². The van der Waals surface area contributed by atoms with E-state index in [0.29, 0.717) is 5.75 Å². The van der Waals surface area contributed by atoms with Gasteiger partial charge in [0.25, 0.3) is 0 Å². The van der Waals surface area contributed by atoms with Crippen LogP contribution in [0.1, 0.15) is 5.56 Å². The van der Waals surface area contributed by atoms with Crippen molar-refractivity contribution in [3.05, 3.63) is 35.1 Å². The maximum atomic E-state index is 5.73. The lowest BCUT2D eigenvalue weighted by atomic mass is 10.2. The molecule has 0 unspecified atom stereocenters. The Balaban J connectivity index is 2.14. The summed E-state index contributed by atoms with van der Waals surface area (Å²) in [4.78, 5) is 11.6. The fourth-order valence-corrected chi connectivity index (χ4v) is 1.58. The molecule has 1 heterocycles. The molecule has 0 atom stereocenters. The largest absolute Gasteiger partial charge is 0.467 e. The lowest BCUT2D eigenvalue weighted by molar-refractivity contribution is 0.359. The Hall–Kier alpha value is -1.92. The first-order valence-electron chi connectivity index (χ1n) is 5.58. The van der Waals surface area contributed by atoms with E-state index in [2.05, 4.69) is 20.3 Å². The molecule has 0 aliphatic heterocycles. The Morgan fingerprint density at radius 1 is 1.11 bits per heavy atom. The summed E-state index contributed by atoms with van der Waals surface area (Å²) < 4.78 is 10.4. The molecule has 1 aromatic carbocycles. The number of halogens is 1. The number of nitrogens with one attached hydrogen (secondary N) is 1. The molecule has 0 radical (unpaired) electrons. The predicted molar refractivity (Wildman–Crippen MR) is 70.7 cm³/mol. The molecule has 0 spiro atoms. The van der Waals surface area contributed by atoms with E-state index in [-0.39, 0.29) is 17.3 Å². The number of hydrogen-bond acceptors (Lipinski definition) is 6. The van der Waals surface area contributed by atoms with Gasteiger partial charge in [0.15, 0.2) is 0 Å². The van der Waals surface area contributed by atoms with Crippen LogP contribution in [0.15, 0.2) is 24.3 Å². The van der Waals surface area contributed by atoms with Gasteiger partial charge in [-0.25, -0.2) is 0 Å². The summed E-state index contributed by atoms with van der Waals surface area (Å²) >= 11 is 5.73. The standard InChI is InChI=1S/C12H13ClN4O2/c1-14-7-8-3-5-9(6-4-8)19-12-16-10(13)15-11(17-12)18-2/h3-6,14H,7H2,1-2H3. The molecule has 2 rings (SSSR count). The average molecular weight is 281 g/mol. The van der Waals surface area contributed by atoms with Gasteiger partial charge in [-0.3, -0.25) is 0 Å². The summed E-state index contributed by atoms with van der Waals surface area (Å²) in [5.74, 6) is 0.615. The van der Waals surface area contributed by atoms with Crippen molar-refractivity contribution < 1.29 is 9.47 Å². The van der Waals surface area contributed by atoms with Crippen molar-refractivity contribution in [2.45, 2.75) is 6.54 Å². The molecule has 0 saturated heterocycles. The quantitative estimate of drug-likeness (QED) is 0.904. The molecule has 100 valence electrons. The van der Waals surface area contributed by atoms with Crippen molar-refractivity contribution in [1.29, 1.82) is 0 Å². The summed E-state index contributed by atoms with van der Waals surface area (Å²) in [5.41, 5.74) is 1.15. The summed E-state index contributed by atoms with van der Waals surface area (Å²) in [7, 11) is 3.34. The van der Waals surface area contributed by atoms with Gasteiger partial charge >= 0.3 is 12.0 Å². The van der Waals surface area contributed by atoms with E-state index >= 15 is 0 Å². The smallest absolute Gasteiger partial charge is 0.329 e. The van der Waals surface area contributed by atoms with Crippen LogP contribution in [0.25, 0.3) is 0 Å². The van der Waals surface area contributed by atoms with E-state index in [1.165, 1.54) is 7.11 Å². The fourth-order valence-electron chi connectivity index (χ4n) is 1.44. The Kier molecular flexibility index (Phi) is 4.48. The minimum absolute atomic E-state index is 0.0219. The van der Waals surface area contributed by atoms with Crippen molar-refractivity contribution >= 4 is 11.6 Å². The third-order valence-electron chi connectivity index (χ3n) is 2.26. The van der Waals surface area contributed by atoms with Gasteiger partial charge in [-0.1, -0.05) is 12.1 Å². The van der Waals surface area contributed by atoms with Gasteiger partial charge in [0.05, 0.1) is 7.11 Å². The second kappa shape index (κ2) is 6.31. The van der Waals surface area contributed by atoms with E-state index in [0.717, 1.165) is 12.1 Å². The normalized spacial score (nSPS) is 10.3. The van der Waals surface area contributed by atoms with Crippen LogP contribution in [-0.4, -0.2) is 29.1 Å². The van der Waals surface area contributed by atoms with Crippen molar-refractivity contribution in [2.75, 3.05) is 14.2 Å². The highest BCUT2D eigenvalue weighted by Gasteiger charge is 2.07. The minimum atomic E-state index is 0.0219. The average Bonchev–Trinajstić information content (AvgIpc) is 2.40.